The molecule has 0 spiro atoms. The van der Waals surface area contributed by atoms with Gasteiger partial charge in [-0.2, -0.15) is 5.10 Å². The zero-order chi connectivity index (χ0) is 14.8. The van der Waals surface area contributed by atoms with E-state index in [1.807, 2.05) is 17.0 Å². The fourth-order valence-electron chi connectivity index (χ4n) is 2.70. The molecule has 1 aliphatic heterocycles. The molecule has 5 nitrogen and oxygen atoms in total. The van der Waals surface area contributed by atoms with Crippen LogP contribution in [0.5, 0.6) is 0 Å². The number of amides is 1. The van der Waals surface area contributed by atoms with Crippen LogP contribution in [-0.4, -0.2) is 39.7 Å². The van der Waals surface area contributed by atoms with Gasteiger partial charge in [0.25, 0.3) is 5.91 Å². The molecular weight excluding hydrogens is 288 g/mol. The minimum Gasteiger partial charge on any atom is -0.333 e. The van der Waals surface area contributed by atoms with Gasteiger partial charge < -0.3 is 10.6 Å². The highest BCUT2D eigenvalue weighted by molar-refractivity contribution is 6.30. The van der Waals surface area contributed by atoms with E-state index >= 15 is 0 Å². The number of nitrogens with zero attached hydrogens (tertiary/aromatic N) is 3. The number of halogens is 1. The quantitative estimate of drug-likeness (QED) is 0.944. The summed E-state index contributed by atoms with van der Waals surface area (Å²) in [5, 5.41) is 5.00. The van der Waals surface area contributed by atoms with Crippen molar-refractivity contribution in [2.24, 2.45) is 5.73 Å². The van der Waals surface area contributed by atoms with Crippen molar-refractivity contribution in [3.63, 3.8) is 0 Å². The number of nitrogens with two attached hydrogens (primary N) is 1. The van der Waals surface area contributed by atoms with Crippen molar-refractivity contribution < 1.29 is 4.79 Å². The summed E-state index contributed by atoms with van der Waals surface area (Å²) in [5.41, 5.74) is 6.99. The van der Waals surface area contributed by atoms with Crippen LogP contribution in [0.1, 0.15) is 23.3 Å². The maximum atomic E-state index is 12.5. The molecule has 0 saturated carbocycles. The summed E-state index contributed by atoms with van der Waals surface area (Å²) in [4.78, 5) is 14.3. The van der Waals surface area contributed by atoms with Crippen LogP contribution in [0.15, 0.2) is 36.5 Å². The molecule has 0 aliphatic carbocycles. The summed E-state index contributed by atoms with van der Waals surface area (Å²) in [6.45, 7) is 1.26. The van der Waals surface area contributed by atoms with Gasteiger partial charge in [0.2, 0.25) is 0 Å². The third-order valence-electron chi connectivity index (χ3n) is 3.79. The van der Waals surface area contributed by atoms with Crippen LogP contribution in [0.2, 0.25) is 5.02 Å². The van der Waals surface area contributed by atoms with E-state index in [4.69, 9.17) is 17.3 Å². The second kappa shape index (κ2) is 5.87. The van der Waals surface area contributed by atoms with Gasteiger partial charge in [-0.05, 0) is 37.1 Å². The van der Waals surface area contributed by atoms with Gasteiger partial charge in [-0.3, -0.25) is 4.79 Å². The number of rotatable bonds is 3. The topological polar surface area (TPSA) is 64.2 Å². The molecule has 1 unspecified atom stereocenters. The molecular formula is C15H17ClN4O. The summed E-state index contributed by atoms with van der Waals surface area (Å²) in [6, 6.07) is 9.22. The van der Waals surface area contributed by atoms with Crippen molar-refractivity contribution >= 4 is 17.5 Å². The number of likely N-dealkylation sites (tertiary alicyclic amines) is 1. The van der Waals surface area contributed by atoms with Gasteiger partial charge in [0.05, 0.1) is 5.69 Å². The largest absolute Gasteiger partial charge is 0.333 e. The summed E-state index contributed by atoms with van der Waals surface area (Å²) >= 11 is 5.98. The molecule has 1 fully saturated rings. The van der Waals surface area contributed by atoms with Gasteiger partial charge in [0, 0.05) is 30.4 Å². The lowest BCUT2D eigenvalue weighted by Gasteiger charge is -2.22. The molecule has 1 atom stereocenters. The number of carbonyl (C=O) groups is 1. The van der Waals surface area contributed by atoms with Gasteiger partial charge in [-0.1, -0.05) is 17.7 Å². The minimum absolute atomic E-state index is 0.0521. The Hall–Kier alpha value is -1.85. The zero-order valence-electron chi connectivity index (χ0n) is 11.6. The lowest BCUT2D eigenvalue weighted by Crippen LogP contribution is -2.40. The van der Waals surface area contributed by atoms with E-state index in [0.29, 0.717) is 17.3 Å². The van der Waals surface area contributed by atoms with Gasteiger partial charge in [-0.15, -0.1) is 0 Å². The van der Waals surface area contributed by atoms with Crippen LogP contribution in [0, 0.1) is 0 Å². The van der Waals surface area contributed by atoms with E-state index in [1.54, 1.807) is 29.1 Å². The van der Waals surface area contributed by atoms with Crippen LogP contribution in [0.25, 0.3) is 5.69 Å². The molecule has 3 rings (SSSR count). The Bertz CT molecular complexity index is 655. The maximum absolute atomic E-state index is 12.5. The molecule has 1 aromatic heterocycles. The molecule has 1 aliphatic rings. The molecule has 2 aromatic rings. The SMILES string of the molecule is NCC1CCCN1C(=O)c1ccn(-c2cccc(Cl)c2)n1. The van der Waals surface area contributed by atoms with Crippen molar-refractivity contribution in [3.05, 3.63) is 47.2 Å². The van der Waals surface area contributed by atoms with Crippen molar-refractivity contribution in [2.75, 3.05) is 13.1 Å². The first-order valence-corrected chi connectivity index (χ1v) is 7.39. The highest BCUT2D eigenvalue weighted by Gasteiger charge is 2.29. The minimum atomic E-state index is -0.0521. The van der Waals surface area contributed by atoms with Crippen molar-refractivity contribution in [2.45, 2.75) is 18.9 Å². The smallest absolute Gasteiger partial charge is 0.274 e. The van der Waals surface area contributed by atoms with Gasteiger partial charge in [0.1, 0.15) is 0 Å². The van der Waals surface area contributed by atoms with Crippen LogP contribution in [-0.2, 0) is 0 Å². The number of hydrogen-bond donors (Lipinski definition) is 1. The standard InChI is InChI=1S/C15H17ClN4O/c16-11-3-1-4-12(9-11)20-8-6-14(18-20)15(21)19-7-2-5-13(19)10-17/h1,3-4,6,8-9,13H,2,5,7,10,17H2. The molecule has 2 heterocycles. The predicted molar refractivity (Wildman–Crippen MR) is 81.7 cm³/mol. The van der Waals surface area contributed by atoms with E-state index in [9.17, 15) is 4.79 Å². The maximum Gasteiger partial charge on any atom is 0.274 e. The zero-order valence-corrected chi connectivity index (χ0v) is 12.3. The fraction of sp³-hybridized carbons (Fsp3) is 0.333. The Morgan fingerprint density at radius 3 is 3.05 bits per heavy atom. The fourth-order valence-corrected chi connectivity index (χ4v) is 2.88. The molecule has 1 amide bonds. The highest BCUT2D eigenvalue weighted by Crippen LogP contribution is 2.19. The Morgan fingerprint density at radius 2 is 2.29 bits per heavy atom. The molecule has 0 bridgehead atoms. The summed E-state index contributed by atoms with van der Waals surface area (Å²) < 4.78 is 1.66. The monoisotopic (exact) mass is 304 g/mol. The first kappa shape index (κ1) is 14.1. The van der Waals surface area contributed by atoms with Crippen LogP contribution >= 0.6 is 11.6 Å². The summed E-state index contributed by atoms with van der Waals surface area (Å²) in [5.74, 6) is -0.0521. The Labute approximate surface area is 128 Å². The second-order valence-corrected chi connectivity index (χ2v) is 5.59. The molecule has 2 N–H and O–H groups in total. The number of hydrogen-bond acceptors (Lipinski definition) is 3. The molecule has 110 valence electrons. The van der Waals surface area contributed by atoms with Crippen molar-refractivity contribution in [1.82, 2.24) is 14.7 Å². The molecule has 1 saturated heterocycles. The third kappa shape index (κ3) is 2.80. The van der Waals surface area contributed by atoms with Crippen molar-refractivity contribution in [1.29, 1.82) is 0 Å². The molecule has 6 heteroatoms. The molecule has 21 heavy (non-hydrogen) atoms. The average Bonchev–Trinajstić information content (AvgIpc) is 3.15. The van der Waals surface area contributed by atoms with Gasteiger partial charge in [0.15, 0.2) is 5.69 Å². The first-order chi connectivity index (χ1) is 10.2. The average molecular weight is 305 g/mol. The third-order valence-corrected chi connectivity index (χ3v) is 4.03. The lowest BCUT2D eigenvalue weighted by molar-refractivity contribution is 0.0735. The van der Waals surface area contributed by atoms with Gasteiger partial charge >= 0.3 is 0 Å². The van der Waals surface area contributed by atoms with E-state index < -0.39 is 0 Å². The van der Waals surface area contributed by atoms with E-state index in [2.05, 4.69) is 5.10 Å². The first-order valence-electron chi connectivity index (χ1n) is 7.01. The normalized spacial score (nSPS) is 18.2. The van der Waals surface area contributed by atoms with E-state index in [-0.39, 0.29) is 11.9 Å². The van der Waals surface area contributed by atoms with Crippen molar-refractivity contribution in [3.8, 4) is 5.69 Å². The number of aromatic nitrogens is 2. The molecule has 1 aromatic carbocycles. The van der Waals surface area contributed by atoms with Crippen LogP contribution < -0.4 is 5.73 Å². The highest BCUT2D eigenvalue weighted by atomic mass is 35.5. The lowest BCUT2D eigenvalue weighted by atomic mass is 10.2. The van der Waals surface area contributed by atoms with E-state index in [0.717, 1.165) is 25.1 Å². The summed E-state index contributed by atoms with van der Waals surface area (Å²) in [7, 11) is 0. The van der Waals surface area contributed by atoms with Crippen LogP contribution in [0.4, 0.5) is 0 Å². The van der Waals surface area contributed by atoms with E-state index in [1.165, 1.54) is 0 Å². The van der Waals surface area contributed by atoms with Gasteiger partial charge in [-0.25, -0.2) is 4.68 Å². The van der Waals surface area contributed by atoms with Crippen LogP contribution in [0.3, 0.4) is 0 Å². The molecule has 0 radical (unpaired) electrons. The number of benzene rings is 1. The Balaban J connectivity index is 1.83. The Morgan fingerprint density at radius 1 is 1.43 bits per heavy atom. The Kier molecular flexibility index (Phi) is 3.94. The number of carbonyl (C=O) groups excluding carboxylic acids is 1. The predicted octanol–water partition coefficient (Wildman–Crippen LogP) is 2.09. The summed E-state index contributed by atoms with van der Waals surface area (Å²) in [6.07, 6.45) is 3.74. The second-order valence-electron chi connectivity index (χ2n) is 5.16.